The van der Waals surface area contributed by atoms with E-state index < -0.39 is 17.7 Å². The molecule has 112 valence electrons. The van der Waals surface area contributed by atoms with Gasteiger partial charge in [-0.1, -0.05) is 20.8 Å². The molecule has 5 nitrogen and oxygen atoms in total. The van der Waals surface area contributed by atoms with Gasteiger partial charge in [-0.05, 0) is 12.1 Å². The second kappa shape index (κ2) is 5.16. The Morgan fingerprint density at radius 2 is 1.95 bits per heavy atom. The van der Waals surface area contributed by atoms with Crippen LogP contribution in [0.1, 0.15) is 26.5 Å². The molecule has 2 rings (SSSR count). The Balaban J connectivity index is 2.60. The smallest absolute Gasteiger partial charge is 0.410 e. The minimum Gasteiger partial charge on any atom is -0.465 e. The van der Waals surface area contributed by atoms with Gasteiger partial charge in [-0.15, -0.1) is 0 Å². The van der Waals surface area contributed by atoms with Crippen molar-refractivity contribution in [2.75, 3.05) is 5.32 Å². The molecule has 0 unspecified atom stereocenters. The van der Waals surface area contributed by atoms with Crippen molar-refractivity contribution in [1.82, 2.24) is 9.78 Å². The minimum absolute atomic E-state index is 0.0318. The number of rotatable bonds is 2. The number of nitrogens with one attached hydrogen (secondary N) is 1. The van der Waals surface area contributed by atoms with Crippen LogP contribution in [0, 0.1) is 11.6 Å². The van der Waals surface area contributed by atoms with E-state index >= 15 is 0 Å². The number of hydrogen-bond acceptors (Lipinski definition) is 2. The quantitative estimate of drug-likeness (QED) is 0.890. The SMILES string of the molecule is CC(C)(C)c1cc(NC(=O)O)n(-c2ccc(F)cc2F)n1. The van der Waals surface area contributed by atoms with E-state index in [0.29, 0.717) is 5.69 Å². The molecule has 1 aromatic carbocycles. The van der Waals surface area contributed by atoms with Crippen LogP contribution in [-0.4, -0.2) is 21.0 Å². The molecular formula is C14H15F2N3O2. The molecule has 0 atom stereocenters. The molecule has 2 N–H and O–H groups in total. The number of carboxylic acid groups (broad SMARTS) is 1. The standard InChI is InChI=1S/C14H15F2N3O2/c1-14(2,3)11-7-12(17-13(20)21)19(18-11)10-5-4-8(15)6-9(10)16/h4-7,17H,1-3H3,(H,20,21). The number of hydrogen-bond donors (Lipinski definition) is 2. The highest BCUT2D eigenvalue weighted by atomic mass is 19.1. The number of carbonyl (C=O) groups is 1. The Hall–Kier alpha value is -2.44. The first-order chi connectivity index (χ1) is 9.68. The summed E-state index contributed by atoms with van der Waals surface area (Å²) in [6, 6.07) is 4.54. The second-order valence-corrected chi connectivity index (χ2v) is 5.60. The fourth-order valence-electron chi connectivity index (χ4n) is 1.78. The Labute approximate surface area is 120 Å². The van der Waals surface area contributed by atoms with Crippen molar-refractivity contribution in [2.24, 2.45) is 0 Å². The van der Waals surface area contributed by atoms with E-state index in [1.54, 1.807) is 0 Å². The van der Waals surface area contributed by atoms with Gasteiger partial charge in [0.05, 0.1) is 5.69 Å². The first-order valence-electron chi connectivity index (χ1n) is 6.24. The Morgan fingerprint density at radius 1 is 1.29 bits per heavy atom. The number of anilines is 1. The van der Waals surface area contributed by atoms with Gasteiger partial charge in [0.1, 0.15) is 17.3 Å². The van der Waals surface area contributed by atoms with Crippen LogP contribution in [0.15, 0.2) is 24.3 Å². The van der Waals surface area contributed by atoms with E-state index in [4.69, 9.17) is 5.11 Å². The van der Waals surface area contributed by atoms with E-state index in [9.17, 15) is 13.6 Å². The van der Waals surface area contributed by atoms with Crippen molar-refractivity contribution in [3.63, 3.8) is 0 Å². The highest BCUT2D eigenvalue weighted by Gasteiger charge is 2.22. The summed E-state index contributed by atoms with van der Waals surface area (Å²) in [5.74, 6) is -1.45. The van der Waals surface area contributed by atoms with Crippen LogP contribution in [0.2, 0.25) is 0 Å². The molecule has 21 heavy (non-hydrogen) atoms. The third-order valence-electron chi connectivity index (χ3n) is 2.85. The highest BCUT2D eigenvalue weighted by Crippen LogP contribution is 2.27. The molecule has 0 saturated carbocycles. The second-order valence-electron chi connectivity index (χ2n) is 5.60. The van der Waals surface area contributed by atoms with Crippen molar-refractivity contribution < 1.29 is 18.7 Å². The van der Waals surface area contributed by atoms with Crippen molar-refractivity contribution >= 4 is 11.9 Å². The van der Waals surface area contributed by atoms with Crippen LogP contribution < -0.4 is 5.32 Å². The number of aromatic nitrogens is 2. The number of halogens is 2. The van der Waals surface area contributed by atoms with E-state index in [1.165, 1.54) is 12.1 Å². The average molecular weight is 295 g/mol. The predicted molar refractivity (Wildman–Crippen MR) is 73.8 cm³/mol. The summed E-state index contributed by atoms with van der Waals surface area (Å²) in [5, 5.41) is 15.2. The van der Waals surface area contributed by atoms with Crippen LogP contribution in [-0.2, 0) is 5.41 Å². The highest BCUT2D eigenvalue weighted by molar-refractivity contribution is 5.82. The van der Waals surface area contributed by atoms with Crippen LogP contribution >= 0.6 is 0 Å². The lowest BCUT2D eigenvalue weighted by Gasteiger charge is -2.14. The van der Waals surface area contributed by atoms with Gasteiger partial charge in [0.15, 0.2) is 5.82 Å². The monoisotopic (exact) mass is 295 g/mol. The molecule has 7 heteroatoms. The number of amides is 1. The van der Waals surface area contributed by atoms with Crippen molar-refractivity contribution in [1.29, 1.82) is 0 Å². The molecule has 2 aromatic rings. The molecule has 0 fully saturated rings. The minimum atomic E-state index is -1.29. The third kappa shape index (κ3) is 3.18. The normalized spacial score (nSPS) is 11.5. The summed E-state index contributed by atoms with van der Waals surface area (Å²) in [6.07, 6.45) is -1.29. The summed E-state index contributed by atoms with van der Waals surface area (Å²) in [5.41, 5.74) is 0.196. The van der Waals surface area contributed by atoms with Crippen molar-refractivity contribution in [3.8, 4) is 5.69 Å². The fourth-order valence-corrected chi connectivity index (χ4v) is 1.78. The van der Waals surface area contributed by atoms with Crippen LogP contribution in [0.4, 0.5) is 19.4 Å². The summed E-state index contributed by atoms with van der Waals surface area (Å²) < 4.78 is 28.0. The van der Waals surface area contributed by atoms with Crippen molar-refractivity contribution in [3.05, 3.63) is 41.6 Å². The van der Waals surface area contributed by atoms with Gasteiger partial charge in [-0.2, -0.15) is 5.10 Å². The molecule has 0 saturated heterocycles. The lowest BCUT2D eigenvalue weighted by atomic mass is 9.92. The Morgan fingerprint density at radius 3 is 2.48 bits per heavy atom. The molecule has 0 aliphatic rings. The summed E-state index contributed by atoms with van der Waals surface area (Å²) in [6.45, 7) is 5.68. The third-order valence-corrected chi connectivity index (χ3v) is 2.85. The molecule has 0 aliphatic carbocycles. The number of benzene rings is 1. The zero-order valence-electron chi connectivity index (χ0n) is 11.8. The van der Waals surface area contributed by atoms with E-state index in [2.05, 4.69) is 10.4 Å². The van der Waals surface area contributed by atoms with E-state index in [1.807, 2.05) is 20.8 Å². The van der Waals surface area contributed by atoms with Gasteiger partial charge >= 0.3 is 6.09 Å². The van der Waals surface area contributed by atoms with Gasteiger partial charge in [0.2, 0.25) is 0 Å². The molecule has 1 heterocycles. The zero-order chi connectivity index (χ0) is 15.8. The average Bonchev–Trinajstić information content (AvgIpc) is 2.71. The lowest BCUT2D eigenvalue weighted by Crippen LogP contribution is -2.14. The molecule has 1 amide bonds. The van der Waals surface area contributed by atoms with Gasteiger partial charge in [0.25, 0.3) is 0 Å². The number of nitrogens with zero attached hydrogens (tertiary/aromatic N) is 2. The zero-order valence-corrected chi connectivity index (χ0v) is 11.8. The predicted octanol–water partition coefficient (Wildman–Crippen LogP) is 3.54. The summed E-state index contributed by atoms with van der Waals surface area (Å²) in [7, 11) is 0. The van der Waals surface area contributed by atoms with Gasteiger partial charge < -0.3 is 5.11 Å². The van der Waals surface area contributed by atoms with Gasteiger partial charge in [-0.25, -0.2) is 18.3 Å². The van der Waals surface area contributed by atoms with Gasteiger partial charge in [0, 0.05) is 17.5 Å². The van der Waals surface area contributed by atoms with Crippen molar-refractivity contribution in [2.45, 2.75) is 26.2 Å². The maximum absolute atomic E-state index is 13.9. The van der Waals surface area contributed by atoms with E-state index in [0.717, 1.165) is 16.8 Å². The molecule has 0 spiro atoms. The molecule has 0 aliphatic heterocycles. The Kier molecular flexibility index (Phi) is 3.67. The van der Waals surface area contributed by atoms with Gasteiger partial charge in [-0.3, -0.25) is 5.32 Å². The first kappa shape index (κ1) is 15.0. The maximum atomic E-state index is 13.9. The van der Waals surface area contributed by atoms with E-state index in [-0.39, 0.29) is 16.9 Å². The summed E-state index contributed by atoms with van der Waals surface area (Å²) >= 11 is 0. The fraction of sp³-hybridized carbons (Fsp3) is 0.286. The molecular weight excluding hydrogens is 280 g/mol. The van der Waals surface area contributed by atoms with Crippen LogP contribution in [0.3, 0.4) is 0 Å². The Bertz CT molecular complexity index is 690. The largest absolute Gasteiger partial charge is 0.465 e. The molecule has 0 radical (unpaired) electrons. The lowest BCUT2D eigenvalue weighted by molar-refractivity contribution is 0.209. The van der Waals surface area contributed by atoms with Crippen LogP contribution in [0.5, 0.6) is 0 Å². The summed E-state index contributed by atoms with van der Waals surface area (Å²) in [4.78, 5) is 10.8. The molecule has 1 aromatic heterocycles. The van der Waals surface area contributed by atoms with Crippen LogP contribution in [0.25, 0.3) is 5.69 Å². The topological polar surface area (TPSA) is 67.2 Å². The molecule has 0 bridgehead atoms. The first-order valence-corrected chi connectivity index (χ1v) is 6.24. The maximum Gasteiger partial charge on any atom is 0.410 e.